The molecule has 0 radical (unpaired) electrons. The van der Waals surface area contributed by atoms with Crippen LogP contribution in [-0.4, -0.2) is 57.3 Å². The summed E-state index contributed by atoms with van der Waals surface area (Å²) in [5, 5.41) is 9.75. The van der Waals surface area contributed by atoms with Gasteiger partial charge in [-0.05, 0) is 84.7 Å². The molecule has 3 aliphatic rings. The van der Waals surface area contributed by atoms with E-state index in [1.165, 1.54) is 0 Å². The quantitative estimate of drug-likeness (QED) is 0.154. The third-order valence-corrected chi connectivity index (χ3v) is 10.2. The Morgan fingerprint density at radius 2 is 1.30 bits per heavy atom. The zero-order valence-electron chi connectivity index (χ0n) is 27.6. The molecular weight excluding hydrogens is 588 g/mol. The molecular formula is C39H50N4O4. The molecule has 3 aliphatic carbocycles. The van der Waals surface area contributed by atoms with Crippen LogP contribution < -0.4 is 26.4 Å². The van der Waals surface area contributed by atoms with E-state index in [1.807, 2.05) is 84.9 Å². The van der Waals surface area contributed by atoms with E-state index in [2.05, 4.69) is 22.5 Å². The van der Waals surface area contributed by atoms with Gasteiger partial charge in [-0.2, -0.15) is 0 Å². The fourth-order valence-electron chi connectivity index (χ4n) is 6.98. The van der Waals surface area contributed by atoms with Gasteiger partial charge in [0.2, 0.25) is 11.8 Å². The predicted molar refractivity (Wildman–Crippen MR) is 187 cm³/mol. The highest BCUT2D eigenvalue weighted by atomic mass is 16.5. The molecule has 8 heteroatoms. The third kappa shape index (κ3) is 9.24. The molecule has 2 amide bonds. The van der Waals surface area contributed by atoms with Gasteiger partial charge in [-0.25, -0.2) is 0 Å². The van der Waals surface area contributed by atoms with Crippen molar-refractivity contribution in [3.8, 4) is 5.75 Å². The van der Waals surface area contributed by atoms with E-state index in [0.717, 1.165) is 67.5 Å². The second kappa shape index (κ2) is 16.1. The number of nitrogens with one attached hydrogen (secondary N) is 3. The molecule has 47 heavy (non-hydrogen) atoms. The van der Waals surface area contributed by atoms with Crippen LogP contribution in [0.15, 0.2) is 91.5 Å². The molecule has 3 fully saturated rings. The normalized spacial score (nSPS) is 21.3. The topological polar surface area (TPSA) is 115 Å². The number of carbonyl (C=O) groups excluding carboxylic acids is 2. The van der Waals surface area contributed by atoms with Gasteiger partial charge in [0, 0.05) is 32.2 Å². The number of amides is 2. The van der Waals surface area contributed by atoms with Gasteiger partial charge < -0.3 is 31.2 Å². The first-order valence-corrected chi connectivity index (χ1v) is 16.9. The van der Waals surface area contributed by atoms with E-state index in [9.17, 15) is 9.59 Å². The van der Waals surface area contributed by atoms with Crippen molar-refractivity contribution in [2.75, 3.05) is 33.4 Å². The number of ether oxygens (including phenoxy) is 2. The first-order chi connectivity index (χ1) is 22.8. The lowest BCUT2D eigenvalue weighted by Crippen LogP contribution is -2.56. The second-order valence-electron chi connectivity index (χ2n) is 13.4. The first kappa shape index (κ1) is 34.2. The highest BCUT2D eigenvalue weighted by Crippen LogP contribution is 2.56. The number of benzene rings is 3. The molecule has 0 aliphatic heterocycles. The van der Waals surface area contributed by atoms with Crippen molar-refractivity contribution in [3.63, 3.8) is 0 Å². The summed E-state index contributed by atoms with van der Waals surface area (Å²) in [6.07, 6.45) is 7.43. The minimum Gasteiger partial charge on any atom is -0.491 e. The predicted octanol–water partition coefficient (Wildman–Crippen LogP) is 5.03. The number of methoxy groups -OCH3 is 1. The molecule has 0 aromatic heterocycles. The van der Waals surface area contributed by atoms with Crippen molar-refractivity contribution in [2.24, 2.45) is 16.6 Å². The maximum atomic E-state index is 14.1. The van der Waals surface area contributed by atoms with Crippen molar-refractivity contribution >= 4 is 17.5 Å². The molecule has 5 N–H and O–H groups in total. The van der Waals surface area contributed by atoms with Crippen LogP contribution in [0.25, 0.3) is 5.70 Å². The van der Waals surface area contributed by atoms with Gasteiger partial charge in [0.1, 0.15) is 24.4 Å². The molecule has 0 heterocycles. The van der Waals surface area contributed by atoms with Crippen LogP contribution in [0.3, 0.4) is 0 Å². The molecule has 6 rings (SSSR count). The van der Waals surface area contributed by atoms with Gasteiger partial charge in [-0.15, -0.1) is 0 Å². The van der Waals surface area contributed by atoms with Crippen LogP contribution in [0.1, 0.15) is 55.2 Å². The van der Waals surface area contributed by atoms with Crippen molar-refractivity contribution in [3.05, 3.63) is 108 Å². The number of rotatable bonds is 17. The minimum absolute atomic E-state index is 0.116. The first-order valence-electron chi connectivity index (χ1n) is 16.9. The molecule has 3 aromatic rings. The zero-order valence-corrected chi connectivity index (χ0v) is 27.6. The van der Waals surface area contributed by atoms with E-state index < -0.39 is 12.1 Å². The lowest BCUT2D eigenvalue weighted by Gasteiger charge is -2.53. The third-order valence-electron chi connectivity index (χ3n) is 10.2. The van der Waals surface area contributed by atoms with Crippen molar-refractivity contribution in [2.45, 2.75) is 63.5 Å². The van der Waals surface area contributed by atoms with E-state index in [1.54, 1.807) is 7.11 Å². The van der Waals surface area contributed by atoms with Gasteiger partial charge in [0.05, 0.1) is 6.61 Å². The smallest absolute Gasteiger partial charge is 0.243 e. The van der Waals surface area contributed by atoms with E-state index >= 15 is 0 Å². The number of fused-ring (bicyclic) bond motifs is 3. The summed E-state index contributed by atoms with van der Waals surface area (Å²) in [5.41, 5.74) is 10.00. The largest absolute Gasteiger partial charge is 0.491 e. The van der Waals surface area contributed by atoms with E-state index in [4.69, 9.17) is 15.2 Å². The Balaban J connectivity index is 1.30. The highest BCUT2D eigenvalue weighted by Gasteiger charge is 2.48. The fraction of sp³-hybridized carbons (Fsp3) is 0.436. The minimum atomic E-state index is -0.734. The lowest BCUT2D eigenvalue weighted by molar-refractivity contribution is -0.130. The highest BCUT2D eigenvalue weighted by molar-refractivity contribution is 5.91. The Bertz CT molecular complexity index is 1440. The van der Waals surface area contributed by atoms with Crippen molar-refractivity contribution < 1.29 is 19.1 Å². The molecule has 8 nitrogen and oxygen atoms in total. The van der Waals surface area contributed by atoms with E-state index in [-0.39, 0.29) is 17.2 Å². The summed E-state index contributed by atoms with van der Waals surface area (Å²) in [6.45, 7) is 6.56. The van der Waals surface area contributed by atoms with Crippen molar-refractivity contribution in [1.29, 1.82) is 0 Å². The molecule has 2 unspecified atom stereocenters. The molecule has 3 saturated carbocycles. The van der Waals surface area contributed by atoms with E-state index in [0.29, 0.717) is 43.7 Å². The van der Waals surface area contributed by atoms with Crippen LogP contribution in [0.5, 0.6) is 5.75 Å². The number of nitrogens with two attached hydrogens (primary N) is 1. The van der Waals surface area contributed by atoms with Crippen LogP contribution >= 0.6 is 0 Å². The van der Waals surface area contributed by atoms with Crippen molar-refractivity contribution in [1.82, 2.24) is 16.0 Å². The lowest BCUT2D eigenvalue weighted by atomic mass is 9.54. The standard InChI is InChI=1S/C39H50N4O4/c1-29(32-11-7-4-8-12-32)42-35(26-31-13-15-33(16-14-31)47-24-23-46-2)37(45)43-34(25-30-9-5-3-6-10-30)36(44)41-28-39-20-17-38(27-40,18-21-39)19-22-39/h3-16,34-35,42H,1,17-28,40H2,2H3,(H,41,44)(H,43,45). The Morgan fingerprint density at radius 1 is 0.745 bits per heavy atom. The average molecular weight is 639 g/mol. The molecule has 2 atom stereocenters. The van der Waals surface area contributed by atoms with Crippen LogP contribution in [0.2, 0.25) is 0 Å². The maximum absolute atomic E-state index is 14.1. The van der Waals surface area contributed by atoms with Gasteiger partial charge in [-0.3, -0.25) is 9.59 Å². The monoisotopic (exact) mass is 638 g/mol. The Morgan fingerprint density at radius 3 is 1.89 bits per heavy atom. The summed E-state index contributed by atoms with van der Waals surface area (Å²) < 4.78 is 10.8. The molecule has 250 valence electrons. The molecule has 2 bridgehead atoms. The molecule has 3 aromatic carbocycles. The Kier molecular flexibility index (Phi) is 11.7. The van der Waals surface area contributed by atoms with Gasteiger partial charge in [0.15, 0.2) is 0 Å². The Hall–Kier alpha value is -4.14. The molecule has 0 saturated heterocycles. The fourth-order valence-corrected chi connectivity index (χ4v) is 6.98. The SMILES string of the molecule is C=C(NC(Cc1ccc(OCCOC)cc1)C(=O)NC(Cc1ccccc1)C(=O)NCC12CCC(CN)(CC1)CC2)c1ccccc1. The van der Waals surface area contributed by atoms with Crippen LogP contribution in [0.4, 0.5) is 0 Å². The number of hydrogen-bond acceptors (Lipinski definition) is 6. The molecule has 0 spiro atoms. The number of hydrogen-bond donors (Lipinski definition) is 4. The summed E-state index contributed by atoms with van der Waals surface area (Å²) in [5.74, 6) is 0.313. The van der Waals surface area contributed by atoms with Gasteiger partial charge in [0.25, 0.3) is 0 Å². The maximum Gasteiger partial charge on any atom is 0.243 e. The Labute approximate surface area is 279 Å². The van der Waals surface area contributed by atoms with Crippen LogP contribution in [0, 0.1) is 10.8 Å². The van der Waals surface area contributed by atoms with Gasteiger partial charge in [-0.1, -0.05) is 79.4 Å². The summed E-state index contributed by atoms with van der Waals surface area (Å²) in [4.78, 5) is 28.0. The second-order valence-corrected chi connectivity index (χ2v) is 13.4. The summed E-state index contributed by atoms with van der Waals surface area (Å²) >= 11 is 0. The summed E-state index contributed by atoms with van der Waals surface area (Å²) in [7, 11) is 1.64. The van der Waals surface area contributed by atoms with Crippen LogP contribution in [-0.2, 0) is 27.2 Å². The number of carbonyl (C=O) groups is 2. The summed E-state index contributed by atoms with van der Waals surface area (Å²) in [6, 6.07) is 25.9. The zero-order chi connectivity index (χ0) is 33.1. The average Bonchev–Trinajstić information content (AvgIpc) is 3.12. The van der Waals surface area contributed by atoms with Gasteiger partial charge >= 0.3 is 0 Å².